The number of halogens is 2. The van der Waals surface area contributed by atoms with Gasteiger partial charge in [-0.05, 0) is 57.4 Å². The Morgan fingerprint density at radius 1 is 1.32 bits per heavy atom. The molecule has 0 fully saturated rings. The molecule has 0 spiro atoms. The van der Waals surface area contributed by atoms with Crippen molar-refractivity contribution < 1.29 is 28.2 Å². The zero-order valence-electron chi connectivity index (χ0n) is 21.8. The van der Waals surface area contributed by atoms with Gasteiger partial charge in [0.25, 0.3) is 5.91 Å². The molecule has 0 bridgehead atoms. The second kappa shape index (κ2) is 13.6. The topological polar surface area (TPSA) is 120 Å². The van der Waals surface area contributed by atoms with Gasteiger partial charge in [0.2, 0.25) is 0 Å². The SMILES string of the molecule is C/C=C\C(=C/c1ncc(-c2cc(OC)c(C(=O)NCCC(O)CCC)c(OC(F)F)c2)[nH]1)C(C)(C)C#N. The molecule has 0 saturated heterocycles. The third-order valence-electron chi connectivity index (χ3n) is 5.66. The number of amides is 1. The van der Waals surface area contributed by atoms with Crippen LogP contribution in [0.2, 0.25) is 0 Å². The lowest BCUT2D eigenvalue weighted by atomic mass is 9.85. The quantitative estimate of drug-likeness (QED) is 0.303. The molecule has 2 rings (SSSR count). The highest BCUT2D eigenvalue weighted by atomic mass is 19.3. The Morgan fingerprint density at radius 2 is 2.03 bits per heavy atom. The number of aliphatic hydroxyl groups is 1. The number of nitrogens with zero attached hydrogens (tertiary/aromatic N) is 2. The van der Waals surface area contributed by atoms with Crippen LogP contribution >= 0.6 is 0 Å². The number of H-pyrrole nitrogens is 1. The average Bonchev–Trinajstić information content (AvgIpc) is 3.31. The Kier molecular flexibility index (Phi) is 10.8. The highest BCUT2D eigenvalue weighted by Gasteiger charge is 2.24. The van der Waals surface area contributed by atoms with E-state index < -0.39 is 24.0 Å². The minimum absolute atomic E-state index is 0.0340. The largest absolute Gasteiger partial charge is 0.496 e. The number of carbonyl (C=O) groups excluding carboxylic acids is 1. The molecule has 1 unspecified atom stereocenters. The summed E-state index contributed by atoms with van der Waals surface area (Å²) in [5.74, 6) is -0.533. The van der Waals surface area contributed by atoms with Gasteiger partial charge in [0.15, 0.2) is 0 Å². The van der Waals surface area contributed by atoms with Gasteiger partial charge in [-0.3, -0.25) is 4.79 Å². The number of carbonyl (C=O) groups is 1. The smallest absolute Gasteiger partial charge is 0.387 e. The van der Waals surface area contributed by atoms with E-state index in [1.54, 1.807) is 19.9 Å². The van der Waals surface area contributed by atoms with E-state index in [0.29, 0.717) is 29.9 Å². The molecule has 1 amide bonds. The van der Waals surface area contributed by atoms with Crippen molar-refractivity contribution in [1.29, 1.82) is 5.26 Å². The van der Waals surface area contributed by atoms with Crippen molar-refractivity contribution in [1.82, 2.24) is 15.3 Å². The molecule has 200 valence electrons. The molecular weight excluding hydrogens is 482 g/mol. The number of hydrogen-bond donors (Lipinski definition) is 3. The molecule has 3 N–H and O–H groups in total. The number of aliphatic hydroxyl groups excluding tert-OH is 1. The second-order valence-corrected chi connectivity index (χ2v) is 8.94. The van der Waals surface area contributed by atoms with E-state index in [4.69, 9.17) is 4.74 Å². The van der Waals surface area contributed by atoms with E-state index in [2.05, 4.69) is 26.1 Å². The molecule has 0 aliphatic rings. The van der Waals surface area contributed by atoms with Gasteiger partial charge in [-0.1, -0.05) is 25.5 Å². The van der Waals surface area contributed by atoms with Crippen LogP contribution in [0.1, 0.15) is 63.1 Å². The summed E-state index contributed by atoms with van der Waals surface area (Å²) in [7, 11) is 1.32. The van der Waals surface area contributed by atoms with Crippen molar-refractivity contribution in [3.05, 3.63) is 47.4 Å². The number of alkyl halides is 2. The number of allylic oxidation sites excluding steroid dienone is 3. The molecule has 10 heteroatoms. The van der Waals surface area contributed by atoms with E-state index in [-0.39, 0.29) is 23.6 Å². The molecule has 2 aromatic rings. The first-order chi connectivity index (χ1) is 17.6. The fourth-order valence-corrected chi connectivity index (χ4v) is 3.62. The summed E-state index contributed by atoms with van der Waals surface area (Å²) in [6.45, 7) is 4.34. The first-order valence-corrected chi connectivity index (χ1v) is 12.0. The highest BCUT2D eigenvalue weighted by molar-refractivity contribution is 6.00. The summed E-state index contributed by atoms with van der Waals surface area (Å²) >= 11 is 0. The lowest BCUT2D eigenvalue weighted by molar-refractivity contribution is -0.0502. The van der Waals surface area contributed by atoms with Crippen molar-refractivity contribution in [2.75, 3.05) is 13.7 Å². The third kappa shape index (κ3) is 8.15. The number of hydrogen-bond acceptors (Lipinski definition) is 6. The summed E-state index contributed by atoms with van der Waals surface area (Å²) < 4.78 is 36.5. The minimum Gasteiger partial charge on any atom is -0.496 e. The Hall–Kier alpha value is -3.71. The molecule has 0 radical (unpaired) electrons. The average molecular weight is 517 g/mol. The van der Waals surface area contributed by atoms with Crippen molar-refractivity contribution in [3.63, 3.8) is 0 Å². The number of ether oxygens (including phenoxy) is 2. The molecule has 0 aliphatic carbocycles. The number of methoxy groups -OCH3 is 1. The van der Waals surface area contributed by atoms with Gasteiger partial charge in [-0.25, -0.2) is 4.98 Å². The van der Waals surface area contributed by atoms with E-state index in [1.165, 1.54) is 25.4 Å². The van der Waals surface area contributed by atoms with E-state index in [0.717, 1.165) is 12.0 Å². The van der Waals surface area contributed by atoms with E-state index in [9.17, 15) is 23.9 Å². The second-order valence-electron chi connectivity index (χ2n) is 8.94. The van der Waals surface area contributed by atoms with Crippen molar-refractivity contribution in [3.8, 4) is 28.8 Å². The molecule has 1 aromatic heterocycles. The Balaban J connectivity index is 2.44. The van der Waals surface area contributed by atoms with Crippen LogP contribution in [0.25, 0.3) is 17.3 Å². The summed E-state index contributed by atoms with van der Waals surface area (Å²) in [5.41, 5.74) is 0.661. The predicted octanol–water partition coefficient (Wildman–Crippen LogP) is 5.48. The van der Waals surface area contributed by atoms with Crippen molar-refractivity contribution in [2.24, 2.45) is 5.41 Å². The summed E-state index contributed by atoms with van der Waals surface area (Å²) in [6, 6.07) is 5.08. The van der Waals surface area contributed by atoms with Gasteiger partial charge in [-0.15, -0.1) is 0 Å². The van der Waals surface area contributed by atoms with Crippen LogP contribution in [0.5, 0.6) is 11.5 Å². The van der Waals surface area contributed by atoms with Crippen LogP contribution in [0, 0.1) is 16.7 Å². The summed E-state index contributed by atoms with van der Waals surface area (Å²) in [5, 5.41) is 22.0. The minimum atomic E-state index is -3.17. The normalized spacial score (nSPS) is 13.0. The number of nitriles is 1. The molecule has 1 atom stereocenters. The first kappa shape index (κ1) is 29.5. The van der Waals surface area contributed by atoms with Gasteiger partial charge in [0.1, 0.15) is 22.9 Å². The van der Waals surface area contributed by atoms with Crippen LogP contribution < -0.4 is 14.8 Å². The van der Waals surface area contributed by atoms with E-state index in [1.807, 2.05) is 26.0 Å². The van der Waals surface area contributed by atoms with Crippen LogP contribution in [0.4, 0.5) is 8.78 Å². The van der Waals surface area contributed by atoms with Gasteiger partial charge in [0, 0.05) is 12.1 Å². The predicted molar refractivity (Wildman–Crippen MR) is 137 cm³/mol. The molecule has 1 heterocycles. The molecule has 1 aromatic carbocycles. The zero-order valence-corrected chi connectivity index (χ0v) is 21.8. The lowest BCUT2D eigenvalue weighted by Crippen LogP contribution is -2.28. The van der Waals surface area contributed by atoms with Crippen LogP contribution in [0.3, 0.4) is 0 Å². The van der Waals surface area contributed by atoms with Crippen LogP contribution in [-0.2, 0) is 0 Å². The van der Waals surface area contributed by atoms with Crippen LogP contribution in [-0.4, -0.2) is 47.4 Å². The Morgan fingerprint density at radius 3 is 2.62 bits per heavy atom. The summed E-state index contributed by atoms with van der Waals surface area (Å²) in [6.07, 6.45) is 8.03. The number of aromatic amines is 1. The monoisotopic (exact) mass is 516 g/mol. The number of imidazole rings is 1. The molecule has 0 aliphatic heterocycles. The number of rotatable bonds is 13. The van der Waals surface area contributed by atoms with Gasteiger partial charge in [0.05, 0.1) is 36.6 Å². The maximum absolute atomic E-state index is 13.3. The number of nitrogens with one attached hydrogen (secondary N) is 2. The lowest BCUT2D eigenvalue weighted by Gasteiger charge is -2.17. The number of benzene rings is 1. The van der Waals surface area contributed by atoms with E-state index >= 15 is 0 Å². The Bertz CT molecular complexity index is 1170. The third-order valence-corrected chi connectivity index (χ3v) is 5.66. The molecule has 37 heavy (non-hydrogen) atoms. The van der Waals surface area contributed by atoms with Crippen LogP contribution in [0.15, 0.2) is 36.1 Å². The highest BCUT2D eigenvalue weighted by Crippen LogP contribution is 2.36. The molecular formula is C27H34F2N4O4. The fraction of sp³-hybridized carbons (Fsp3) is 0.444. The van der Waals surface area contributed by atoms with Crippen molar-refractivity contribution >= 4 is 12.0 Å². The van der Waals surface area contributed by atoms with Gasteiger partial charge < -0.3 is 24.9 Å². The zero-order chi connectivity index (χ0) is 27.6. The van der Waals surface area contributed by atoms with Crippen molar-refractivity contribution in [2.45, 2.75) is 59.7 Å². The molecule has 0 saturated carbocycles. The molecule has 8 nitrogen and oxygen atoms in total. The first-order valence-electron chi connectivity index (χ1n) is 12.0. The maximum Gasteiger partial charge on any atom is 0.387 e. The fourth-order valence-electron chi connectivity index (χ4n) is 3.62. The standard InChI is InChI=1S/C27H34F2N4O4/c1-6-8-18(27(3,4)16-30)14-23-32-15-20(33-23)17-12-21(36-5)24(22(13-17)37-26(28)29)25(35)31-11-10-19(34)9-7-2/h6,8,12-15,19,26,34H,7,9-11H2,1-5H3,(H,31,35)(H,32,33)/b8-6-,18-14+. The van der Waals surface area contributed by atoms with Gasteiger partial charge in [-0.2, -0.15) is 14.0 Å². The maximum atomic E-state index is 13.3. The summed E-state index contributed by atoms with van der Waals surface area (Å²) in [4.78, 5) is 20.3. The Labute approximate surface area is 216 Å². The van der Waals surface area contributed by atoms with Gasteiger partial charge >= 0.3 is 6.61 Å². The number of aromatic nitrogens is 2.